The maximum absolute atomic E-state index is 11.5. The van der Waals surface area contributed by atoms with Gasteiger partial charge in [-0.3, -0.25) is 0 Å². The zero-order valence-electron chi connectivity index (χ0n) is 14.7. The van der Waals surface area contributed by atoms with Crippen LogP contribution in [0.4, 0.5) is 0 Å². The molecule has 0 atom stereocenters. The lowest BCUT2D eigenvalue weighted by molar-refractivity contribution is -0.145. The van der Waals surface area contributed by atoms with Crippen molar-refractivity contribution < 1.29 is 14.3 Å². The fraction of sp³-hybridized carbons (Fsp3) is 0.158. The maximum Gasteiger partial charge on any atom is 0.344 e. The van der Waals surface area contributed by atoms with Crippen molar-refractivity contribution in [1.82, 2.24) is 14.9 Å². The Bertz CT molecular complexity index is 995. The Hall–Kier alpha value is -3.26. The van der Waals surface area contributed by atoms with E-state index in [2.05, 4.69) is 15.3 Å². The van der Waals surface area contributed by atoms with Gasteiger partial charge in [-0.15, -0.1) is 0 Å². The number of para-hydroxylation sites is 1. The number of esters is 1. The van der Waals surface area contributed by atoms with Gasteiger partial charge in [0.15, 0.2) is 12.4 Å². The first-order chi connectivity index (χ1) is 13.2. The van der Waals surface area contributed by atoms with E-state index in [1.54, 1.807) is 19.2 Å². The Morgan fingerprint density at radius 1 is 1.22 bits per heavy atom. The van der Waals surface area contributed by atoms with Gasteiger partial charge >= 0.3 is 5.97 Å². The number of hydrogen-bond acceptors (Lipinski definition) is 6. The summed E-state index contributed by atoms with van der Waals surface area (Å²) in [5, 5.41) is 11.4. The predicted octanol–water partition coefficient (Wildman–Crippen LogP) is 3.43. The van der Waals surface area contributed by atoms with E-state index in [0.717, 1.165) is 5.56 Å². The third-order valence-corrected chi connectivity index (χ3v) is 3.83. The summed E-state index contributed by atoms with van der Waals surface area (Å²) in [6, 6.07) is 16.9. The van der Waals surface area contributed by atoms with Crippen molar-refractivity contribution >= 4 is 24.4 Å². The third-order valence-electron chi connectivity index (χ3n) is 3.56. The maximum atomic E-state index is 11.5. The molecule has 0 spiro atoms. The number of rotatable bonds is 7. The molecule has 1 heterocycles. The first-order valence-electron chi connectivity index (χ1n) is 8.33. The predicted molar refractivity (Wildman–Crippen MR) is 104 cm³/mol. The molecule has 1 N–H and O–H groups in total. The molecule has 0 unspecified atom stereocenters. The molecule has 27 heavy (non-hydrogen) atoms. The number of nitrogens with one attached hydrogen (secondary N) is 1. The van der Waals surface area contributed by atoms with Crippen molar-refractivity contribution in [2.75, 3.05) is 13.2 Å². The molecule has 0 saturated heterocycles. The number of carbonyl (C=O) groups is 1. The lowest BCUT2D eigenvalue weighted by Gasteiger charge is -2.08. The molecule has 2 aromatic carbocycles. The number of hydrogen-bond donors (Lipinski definition) is 1. The first kappa shape index (κ1) is 18.5. The van der Waals surface area contributed by atoms with E-state index >= 15 is 0 Å². The molecule has 0 aliphatic carbocycles. The van der Waals surface area contributed by atoms with Gasteiger partial charge in [0, 0.05) is 11.1 Å². The molecule has 0 radical (unpaired) electrons. The number of benzene rings is 2. The lowest BCUT2D eigenvalue weighted by Crippen LogP contribution is -2.15. The Morgan fingerprint density at radius 2 is 1.96 bits per heavy atom. The smallest absolute Gasteiger partial charge is 0.344 e. The van der Waals surface area contributed by atoms with Crippen LogP contribution in [0.2, 0.25) is 0 Å². The van der Waals surface area contributed by atoms with Crippen LogP contribution in [0.5, 0.6) is 5.75 Å². The molecule has 0 fully saturated rings. The van der Waals surface area contributed by atoms with E-state index in [4.69, 9.17) is 21.7 Å². The molecular weight excluding hydrogens is 364 g/mol. The van der Waals surface area contributed by atoms with Crippen LogP contribution in [0, 0.1) is 4.77 Å². The molecule has 0 aliphatic heterocycles. The molecule has 138 valence electrons. The topological polar surface area (TPSA) is 81.5 Å². The number of ether oxygens (including phenoxy) is 2. The average molecular weight is 382 g/mol. The second-order valence-electron chi connectivity index (χ2n) is 5.41. The van der Waals surface area contributed by atoms with E-state index in [-0.39, 0.29) is 6.61 Å². The van der Waals surface area contributed by atoms with Gasteiger partial charge in [-0.1, -0.05) is 42.5 Å². The largest absolute Gasteiger partial charge is 0.481 e. The monoisotopic (exact) mass is 382 g/mol. The van der Waals surface area contributed by atoms with Crippen LogP contribution in [0.15, 0.2) is 59.7 Å². The van der Waals surface area contributed by atoms with Crippen LogP contribution in [0.3, 0.4) is 0 Å². The SMILES string of the molecule is CCOC(=O)COc1ccccc1/C=N\n1c(-c2ccccc2)n[nH]c1=S. The second-order valence-corrected chi connectivity index (χ2v) is 5.79. The number of H-pyrrole nitrogens is 1. The molecule has 0 aliphatic rings. The normalized spacial score (nSPS) is 10.9. The van der Waals surface area contributed by atoms with Gasteiger partial charge in [0.2, 0.25) is 4.77 Å². The van der Waals surface area contributed by atoms with E-state index in [1.165, 1.54) is 4.68 Å². The number of nitrogens with zero attached hydrogens (tertiary/aromatic N) is 3. The molecule has 7 nitrogen and oxygen atoms in total. The van der Waals surface area contributed by atoms with Gasteiger partial charge in [0.05, 0.1) is 12.8 Å². The molecule has 3 rings (SSSR count). The summed E-state index contributed by atoms with van der Waals surface area (Å²) >= 11 is 5.27. The van der Waals surface area contributed by atoms with Gasteiger partial charge in [-0.2, -0.15) is 14.9 Å². The summed E-state index contributed by atoms with van der Waals surface area (Å²) in [5.74, 6) is 0.694. The fourth-order valence-electron chi connectivity index (χ4n) is 2.35. The Kier molecular flexibility index (Phi) is 6.11. The molecule has 0 amide bonds. The summed E-state index contributed by atoms with van der Waals surface area (Å²) in [6.45, 7) is 1.89. The summed E-state index contributed by atoms with van der Waals surface area (Å²) in [5.41, 5.74) is 1.58. The standard InChI is InChI=1S/C19H18N4O3S/c1-2-25-17(24)13-26-16-11-7-6-10-15(16)12-20-23-18(21-22-19(23)27)14-8-4-3-5-9-14/h3-12H,2,13H2,1H3,(H,22,27)/b20-12-. The zero-order valence-corrected chi connectivity index (χ0v) is 15.5. The van der Waals surface area contributed by atoms with Gasteiger partial charge in [-0.25, -0.2) is 9.89 Å². The van der Waals surface area contributed by atoms with Crippen LogP contribution in [0.25, 0.3) is 11.4 Å². The van der Waals surface area contributed by atoms with E-state index in [1.807, 2.05) is 48.5 Å². The van der Waals surface area contributed by atoms with Crippen molar-refractivity contribution in [2.24, 2.45) is 5.10 Å². The van der Waals surface area contributed by atoms with Crippen LogP contribution in [-0.2, 0) is 9.53 Å². The molecule has 0 saturated carbocycles. The van der Waals surface area contributed by atoms with Gasteiger partial charge in [0.25, 0.3) is 0 Å². The van der Waals surface area contributed by atoms with E-state index in [9.17, 15) is 4.79 Å². The van der Waals surface area contributed by atoms with Crippen LogP contribution in [0.1, 0.15) is 12.5 Å². The van der Waals surface area contributed by atoms with Crippen molar-refractivity contribution in [1.29, 1.82) is 0 Å². The highest BCUT2D eigenvalue weighted by atomic mass is 32.1. The highest BCUT2D eigenvalue weighted by Crippen LogP contribution is 2.18. The highest BCUT2D eigenvalue weighted by Gasteiger charge is 2.09. The molecule has 8 heteroatoms. The van der Waals surface area contributed by atoms with Crippen molar-refractivity contribution in [2.45, 2.75) is 6.92 Å². The highest BCUT2D eigenvalue weighted by molar-refractivity contribution is 7.71. The molecule has 3 aromatic rings. The van der Waals surface area contributed by atoms with Crippen molar-refractivity contribution in [3.63, 3.8) is 0 Å². The molecule has 0 bridgehead atoms. The first-order valence-corrected chi connectivity index (χ1v) is 8.74. The van der Waals surface area contributed by atoms with Gasteiger partial charge in [0.1, 0.15) is 5.75 Å². The van der Waals surface area contributed by atoms with E-state index in [0.29, 0.717) is 28.5 Å². The molecular formula is C19H18N4O3S. The summed E-state index contributed by atoms with van der Waals surface area (Å²) in [7, 11) is 0. The summed E-state index contributed by atoms with van der Waals surface area (Å²) < 4.78 is 12.3. The minimum atomic E-state index is -0.423. The van der Waals surface area contributed by atoms with Gasteiger partial charge < -0.3 is 9.47 Å². The third kappa shape index (κ3) is 4.68. The molecule has 1 aromatic heterocycles. The Balaban J connectivity index is 1.85. The number of carbonyl (C=O) groups excluding carboxylic acids is 1. The number of aromatic amines is 1. The number of aromatic nitrogens is 3. The summed E-state index contributed by atoms with van der Waals surface area (Å²) in [6.07, 6.45) is 1.61. The van der Waals surface area contributed by atoms with Crippen LogP contribution < -0.4 is 4.74 Å². The minimum Gasteiger partial charge on any atom is -0.481 e. The van der Waals surface area contributed by atoms with E-state index < -0.39 is 5.97 Å². The lowest BCUT2D eigenvalue weighted by atomic mass is 10.2. The minimum absolute atomic E-state index is 0.168. The summed E-state index contributed by atoms with van der Waals surface area (Å²) in [4.78, 5) is 11.5. The van der Waals surface area contributed by atoms with Crippen molar-refractivity contribution in [3.8, 4) is 17.1 Å². The fourth-order valence-corrected chi connectivity index (χ4v) is 2.53. The zero-order chi connectivity index (χ0) is 19.1. The quantitative estimate of drug-likeness (QED) is 0.385. The second kappa shape index (κ2) is 8.91. The average Bonchev–Trinajstić information content (AvgIpc) is 3.07. The van der Waals surface area contributed by atoms with Gasteiger partial charge in [-0.05, 0) is 31.3 Å². The van der Waals surface area contributed by atoms with Crippen LogP contribution in [-0.4, -0.2) is 40.3 Å². The Morgan fingerprint density at radius 3 is 2.74 bits per heavy atom. The van der Waals surface area contributed by atoms with Crippen molar-refractivity contribution in [3.05, 3.63) is 64.9 Å². The Labute approximate surface area is 161 Å². The van der Waals surface area contributed by atoms with Crippen LogP contribution >= 0.6 is 12.2 Å².